The van der Waals surface area contributed by atoms with Crippen molar-refractivity contribution in [2.45, 2.75) is 71.4 Å². The normalized spacial score (nSPS) is 26.6. The zero-order valence-electron chi connectivity index (χ0n) is 23.7. The van der Waals surface area contributed by atoms with Crippen LogP contribution in [0.5, 0.6) is 0 Å². The van der Waals surface area contributed by atoms with Crippen molar-refractivity contribution in [3.8, 4) is 0 Å². The third-order valence-corrected chi connectivity index (χ3v) is 10.3. The second-order valence-corrected chi connectivity index (χ2v) is 13.8. The van der Waals surface area contributed by atoms with Crippen LogP contribution in [0.25, 0.3) is 0 Å². The van der Waals surface area contributed by atoms with Crippen molar-refractivity contribution in [3.05, 3.63) is 16.6 Å². The van der Waals surface area contributed by atoms with E-state index in [9.17, 15) is 19.2 Å². The van der Waals surface area contributed by atoms with E-state index in [1.165, 1.54) is 36.8 Å². The standard InChI is InChI=1S/C28H42N6O5S/c1-17(39-12-18-7-5-4-6-8-18)22(24(36)32-29)31-23(35)20-11-33(26(38)21-10-30-16-40-21)13-28(20)14-34(15-28)25(37)19-9-27(19,2)3/h10,16-20,22H,4-9,11-15,29H2,1-3H3,(H,31,35)(H,32,36)/t17-,19-,20?,22+/m1/s1. The number of carbonyl (C=O) groups excluding carboxylic acids is 4. The number of amides is 4. The first-order chi connectivity index (χ1) is 19.0. The van der Waals surface area contributed by atoms with Gasteiger partial charge in [0.15, 0.2) is 0 Å². The molecule has 11 nitrogen and oxygen atoms in total. The molecule has 2 aliphatic carbocycles. The van der Waals surface area contributed by atoms with Crippen LogP contribution < -0.4 is 16.6 Å². The van der Waals surface area contributed by atoms with E-state index in [2.05, 4.69) is 29.6 Å². The smallest absolute Gasteiger partial charge is 0.265 e. The molecule has 1 spiro atoms. The summed E-state index contributed by atoms with van der Waals surface area (Å²) < 4.78 is 6.08. The number of hydrazine groups is 1. The van der Waals surface area contributed by atoms with Crippen LogP contribution in [0.1, 0.15) is 69.0 Å². The molecule has 3 heterocycles. The Bertz CT molecular complexity index is 1110. The average molecular weight is 575 g/mol. The van der Waals surface area contributed by atoms with E-state index in [0.717, 1.165) is 19.3 Å². The minimum Gasteiger partial charge on any atom is -0.376 e. The van der Waals surface area contributed by atoms with Crippen LogP contribution in [-0.4, -0.2) is 83.3 Å². The van der Waals surface area contributed by atoms with Crippen LogP contribution in [0.15, 0.2) is 11.7 Å². The van der Waals surface area contributed by atoms with E-state index in [1.807, 2.05) is 4.90 Å². The number of aromatic nitrogens is 1. The fourth-order valence-corrected chi connectivity index (χ4v) is 7.33. The Balaban J connectivity index is 1.28. The fourth-order valence-electron chi connectivity index (χ4n) is 6.74. The number of thiazole rings is 1. The van der Waals surface area contributed by atoms with Gasteiger partial charge in [-0.2, -0.15) is 0 Å². The summed E-state index contributed by atoms with van der Waals surface area (Å²) in [5, 5.41) is 2.90. The maximum absolute atomic E-state index is 13.8. The Morgan fingerprint density at radius 3 is 2.40 bits per heavy atom. The number of nitrogens with two attached hydrogens (primary N) is 1. The molecular formula is C28H42N6O5S. The highest BCUT2D eigenvalue weighted by atomic mass is 32.1. The van der Waals surface area contributed by atoms with E-state index in [4.69, 9.17) is 10.6 Å². The highest BCUT2D eigenvalue weighted by Crippen LogP contribution is 2.54. The van der Waals surface area contributed by atoms with Crippen LogP contribution in [0.2, 0.25) is 0 Å². The molecule has 2 saturated carbocycles. The second-order valence-electron chi connectivity index (χ2n) is 12.9. The molecule has 1 aromatic rings. The molecule has 2 saturated heterocycles. The molecule has 2 aliphatic heterocycles. The predicted octanol–water partition coefficient (Wildman–Crippen LogP) is 1.55. The van der Waals surface area contributed by atoms with Crippen molar-refractivity contribution >= 4 is 35.0 Å². The number of carbonyl (C=O) groups is 4. The van der Waals surface area contributed by atoms with Gasteiger partial charge < -0.3 is 19.9 Å². The van der Waals surface area contributed by atoms with E-state index < -0.39 is 29.4 Å². The van der Waals surface area contributed by atoms with Gasteiger partial charge >= 0.3 is 0 Å². The van der Waals surface area contributed by atoms with Gasteiger partial charge in [-0.1, -0.05) is 33.1 Å². The quantitative estimate of drug-likeness (QED) is 0.230. The van der Waals surface area contributed by atoms with Crippen LogP contribution in [-0.2, 0) is 19.1 Å². The molecule has 4 atom stereocenters. The lowest BCUT2D eigenvalue weighted by Crippen LogP contribution is -2.65. The van der Waals surface area contributed by atoms with Gasteiger partial charge in [0.1, 0.15) is 10.9 Å². The number of hydrogen-bond donors (Lipinski definition) is 3. The van der Waals surface area contributed by atoms with Gasteiger partial charge in [-0.25, -0.2) is 5.84 Å². The summed E-state index contributed by atoms with van der Waals surface area (Å²) in [4.78, 5) is 60.9. The Labute approximate surface area is 239 Å². The molecule has 0 bridgehead atoms. The highest BCUT2D eigenvalue weighted by Gasteiger charge is 2.62. The molecule has 4 amide bonds. The van der Waals surface area contributed by atoms with E-state index >= 15 is 0 Å². The highest BCUT2D eigenvalue weighted by molar-refractivity contribution is 7.11. The van der Waals surface area contributed by atoms with Crippen LogP contribution in [0, 0.1) is 28.6 Å². The summed E-state index contributed by atoms with van der Waals surface area (Å²) in [5.74, 6) is 4.44. The summed E-state index contributed by atoms with van der Waals surface area (Å²) >= 11 is 1.26. The molecule has 4 N–H and O–H groups in total. The molecular weight excluding hydrogens is 532 g/mol. The first-order valence-electron chi connectivity index (χ1n) is 14.4. The SMILES string of the molecule is C[C@@H](OCC1CCCCC1)[C@H](NC(=O)C1CN(C(=O)c2cncs2)CC12CN(C(=O)[C@H]1CC1(C)C)C2)C(=O)NN. The molecule has 40 heavy (non-hydrogen) atoms. The largest absolute Gasteiger partial charge is 0.376 e. The monoisotopic (exact) mass is 574 g/mol. The summed E-state index contributed by atoms with van der Waals surface area (Å²) in [6, 6.07) is -0.977. The van der Waals surface area contributed by atoms with Crippen molar-refractivity contribution in [2.75, 3.05) is 32.8 Å². The van der Waals surface area contributed by atoms with E-state index in [0.29, 0.717) is 37.0 Å². The van der Waals surface area contributed by atoms with E-state index in [1.54, 1.807) is 17.3 Å². The molecule has 12 heteroatoms. The van der Waals surface area contributed by atoms with Crippen molar-refractivity contribution in [1.82, 2.24) is 25.5 Å². The van der Waals surface area contributed by atoms with Gasteiger partial charge in [-0.15, -0.1) is 11.3 Å². The molecule has 4 aliphatic rings. The number of likely N-dealkylation sites (tertiary alicyclic amines) is 2. The predicted molar refractivity (Wildman–Crippen MR) is 149 cm³/mol. The lowest BCUT2D eigenvalue weighted by Gasteiger charge is -2.50. The summed E-state index contributed by atoms with van der Waals surface area (Å²) in [5.41, 5.74) is 3.21. The Morgan fingerprint density at radius 2 is 1.80 bits per heavy atom. The van der Waals surface area contributed by atoms with Gasteiger partial charge in [0.05, 0.1) is 23.7 Å². The van der Waals surface area contributed by atoms with Gasteiger partial charge in [0, 0.05) is 44.1 Å². The number of rotatable bonds is 9. The lowest BCUT2D eigenvalue weighted by atomic mass is 9.70. The zero-order chi connectivity index (χ0) is 28.7. The third kappa shape index (κ3) is 5.75. The third-order valence-electron chi connectivity index (χ3n) is 9.54. The minimum absolute atomic E-state index is 0.00764. The summed E-state index contributed by atoms with van der Waals surface area (Å²) in [6.45, 7) is 7.86. The maximum Gasteiger partial charge on any atom is 0.265 e. The van der Waals surface area contributed by atoms with Crippen molar-refractivity contribution in [1.29, 1.82) is 0 Å². The fraction of sp³-hybridized carbons (Fsp3) is 0.750. The molecule has 1 aromatic heterocycles. The topological polar surface area (TPSA) is 147 Å². The molecule has 1 unspecified atom stereocenters. The number of nitrogens with one attached hydrogen (secondary N) is 2. The first-order valence-corrected chi connectivity index (χ1v) is 15.3. The average Bonchev–Trinajstić information content (AvgIpc) is 3.30. The first kappa shape index (κ1) is 28.9. The minimum atomic E-state index is -0.977. The molecule has 5 rings (SSSR count). The van der Waals surface area contributed by atoms with Gasteiger partial charge in [-0.05, 0) is 37.5 Å². The van der Waals surface area contributed by atoms with Crippen LogP contribution in [0.3, 0.4) is 0 Å². The van der Waals surface area contributed by atoms with Crippen LogP contribution >= 0.6 is 11.3 Å². The zero-order valence-corrected chi connectivity index (χ0v) is 24.5. The maximum atomic E-state index is 13.8. The van der Waals surface area contributed by atoms with Crippen molar-refractivity contribution < 1.29 is 23.9 Å². The molecule has 0 radical (unpaired) electrons. The Kier molecular flexibility index (Phi) is 8.22. The second kappa shape index (κ2) is 11.4. The molecule has 4 fully saturated rings. The van der Waals surface area contributed by atoms with Crippen LogP contribution in [0.4, 0.5) is 0 Å². The number of hydrogen-bond acceptors (Lipinski definition) is 8. The Morgan fingerprint density at radius 1 is 1.12 bits per heavy atom. The van der Waals surface area contributed by atoms with E-state index in [-0.39, 0.29) is 35.6 Å². The molecule has 220 valence electrons. The number of nitrogens with zero attached hydrogens (tertiary/aromatic N) is 3. The summed E-state index contributed by atoms with van der Waals surface area (Å²) in [6.07, 6.45) is 7.64. The van der Waals surface area contributed by atoms with Gasteiger partial charge in [0.25, 0.3) is 11.8 Å². The molecule has 0 aromatic carbocycles. The lowest BCUT2D eigenvalue weighted by molar-refractivity contribution is -0.152. The van der Waals surface area contributed by atoms with Gasteiger partial charge in [0.2, 0.25) is 11.8 Å². The van der Waals surface area contributed by atoms with Crippen molar-refractivity contribution in [2.24, 2.45) is 34.4 Å². The van der Waals surface area contributed by atoms with Gasteiger partial charge in [-0.3, -0.25) is 29.6 Å². The van der Waals surface area contributed by atoms with Crippen molar-refractivity contribution in [3.63, 3.8) is 0 Å². The number of ether oxygens (including phenoxy) is 1. The summed E-state index contributed by atoms with van der Waals surface area (Å²) in [7, 11) is 0. The Hall–Kier alpha value is -2.57.